The van der Waals surface area contributed by atoms with Crippen LogP contribution in [0.4, 0.5) is 24.5 Å². The number of hydroxylamine groups is 1. The predicted molar refractivity (Wildman–Crippen MR) is 104 cm³/mol. The molecule has 1 saturated carbocycles. The fourth-order valence-corrected chi connectivity index (χ4v) is 3.06. The zero-order valence-electron chi connectivity index (χ0n) is 13.6. The molecule has 0 radical (unpaired) electrons. The molecule has 1 amide bonds. The first-order valence-corrected chi connectivity index (χ1v) is 9.61. The van der Waals surface area contributed by atoms with E-state index in [1.807, 2.05) is 22.6 Å². The van der Waals surface area contributed by atoms with Crippen LogP contribution in [0, 0.1) is 21.0 Å². The highest BCUT2D eigenvalue weighted by Gasteiger charge is 2.41. The molecule has 0 saturated heterocycles. The Morgan fingerprint density at radius 2 is 1.96 bits per heavy atom. The smallest absolute Gasteiger partial charge is 0.277 e. The van der Waals surface area contributed by atoms with Crippen molar-refractivity contribution in [2.45, 2.75) is 18.4 Å². The quantitative estimate of drug-likeness (QED) is 0.280. The third kappa shape index (κ3) is 4.73. The highest BCUT2D eigenvalue weighted by Crippen LogP contribution is 2.35. The van der Waals surface area contributed by atoms with Crippen LogP contribution in [0.1, 0.15) is 23.2 Å². The number of anilines is 2. The summed E-state index contributed by atoms with van der Waals surface area (Å²) in [5.74, 6) is -4.16. The second-order valence-electron chi connectivity index (χ2n) is 6.10. The lowest BCUT2D eigenvalue weighted by Gasteiger charge is -2.16. The third-order valence-electron chi connectivity index (χ3n) is 3.93. The molecule has 5 nitrogen and oxygen atoms in total. The van der Waals surface area contributed by atoms with E-state index >= 15 is 0 Å². The number of carbonyl (C=O) groups excluding carboxylic acids is 1. The number of nitrogens with one attached hydrogen (secondary N) is 2. The first kappa shape index (κ1) is 20.4. The highest BCUT2D eigenvalue weighted by molar-refractivity contribution is 14.1. The van der Waals surface area contributed by atoms with Crippen LogP contribution in [0.15, 0.2) is 28.7 Å². The fraction of sp³-hybridized carbons (Fsp3) is 0.235. The maximum atomic E-state index is 14.4. The summed E-state index contributed by atoms with van der Waals surface area (Å²) < 4.78 is 42.8. The molecule has 3 rings (SSSR count). The summed E-state index contributed by atoms with van der Waals surface area (Å²) in [7, 11) is 0. The van der Waals surface area contributed by atoms with Gasteiger partial charge in [0.05, 0.1) is 27.0 Å². The summed E-state index contributed by atoms with van der Waals surface area (Å²) in [4.78, 5) is 17.3. The van der Waals surface area contributed by atoms with Crippen molar-refractivity contribution in [2.24, 2.45) is 0 Å². The zero-order valence-corrected chi connectivity index (χ0v) is 17.3. The number of benzene rings is 2. The van der Waals surface area contributed by atoms with Gasteiger partial charge in [0.2, 0.25) is 0 Å². The average molecular weight is 557 g/mol. The molecule has 1 fully saturated rings. The molecule has 10 heteroatoms. The van der Waals surface area contributed by atoms with E-state index in [2.05, 4.69) is 26.7 Å². The van der Waals surface area contributed by atoms with Gasteiger partial charge >= 0.3 is 0 Å². The Kier molecular flexibility index (Phi) is 5.99. The molecule has 144 valence electrons. The van der Waals surface area contributed by atoms with Crippen molar-refractivity contribution in [3.8, 4) is 0 Å². The Bertz CT molecular complexity index is 909. The maximum absolute atomic E-state index is 14.4. The Morgan fingerprint density at radius 3 is 2.59 bits per heavy atom. The van der Waals surface area contributed by atoms with Crippen molar-refractivity contribution in [2.75, 3.05) is 11.9 Å². The van der Waals surface area contributed by atoms with Crippen LogP contribution in [0.25, 0.3) is 0 Å². The first-order chi connectivity index (χ1) is 12.7. The standard InChI is InChI=1S/C17H13BrF3IN2O3/c18-10-6-9(16(25)24-27-7-17(26)3-4-17)15(14(21)13(10)20)23-12-2-1-8(22)5-11(12)19/h1-2,5-6,23,26H,3-4,7H2,(H,24,25). The van der Waals surface area contributed by atoms with Crippen molar-refractivity contribution >= 4 is 55.8 Å². The Labute approximate surface area is 174 Å². The fourth-order valence-electron chi connectivity index (χ4n) is 2.20. The SMILES string of the molecule is O=C(NOCC1(O)CC1)c1cc(Br)c(F)c(F)c1Nc1ccc(I)cc1F. The molecule has 1 aliphatic carbocycles. The lowest BCUT2D eigenvalue weighted by Crippen LogP contribution is -2.30. The van der Waals surface area contributed by atoms with E-state index in [9.17, 15) is 23.1 Å². The minimum absolute atomic E-state index is 0.127. The summed E-state index contributed by atoms with van der Waals surface area (Å²) in [6.07, 6.45) is 1.11. The van der Waals surface area contributed by atoms with Gasteiger partial charge < -0.3 is 10.4 Å². The van der Waals surface area contributed by atoms with Crippen molar-refractivity contribution in [1.82, 2.24) is 5.48 Å². The second kappa shape index (κ2) is 7.94. The molecule has 27 heavy (non-hydrogen) atoms. The number of halogens is 5. The summed E-state index contributed by atoms with van der Waals surface area (Å²) in [5.41, 5.74) is 0.140. The third-order valence-corrected chi connectivity index (χ3v) is 5.18. The van der Waals surface area contributed by atoms with Crippen LogP contribution in [0.3, 0.4) is 0 Å². The number of hydrogen-bond acceptors (Lipinski definition) is 4. The lowest BCUT2D eigenvalue weighted by atomic mass is 10.1. The van der Waals surface area contributed by atoms with Crippen LogP contribution in [0.2, 0.25) is 0 Å². The number of carbonyl (C=O) groups is 1. The molecule has 0 spiro atoms. The first-order valence-electron chi connectivity index (χ1n) is 7.74. The van der Waals surface area contributed by atoms with E-state index in [1.165, 1.54) is 12.1 Å². The number of rotatable bonds is 6. The zero-order chi connectivity index (χ0) is 19.8. The van der Waals surface area contributed by atoms with Gasteiger partial charge in [0.15, 0.2) is 11.6 Å². The van der Waals surface area contributed by atoms with Crippen molar-refractivity contribution in [3.63, 3.8) is 0 Å². The molecule has 3 N–H and O–H groups in total. The minimum Gasteiger partial charge on any atom is -0.387 e. The molecule has 0 aromatic heterocycles. The summed E-state index contributed by atoms with van der Waals surface area (Å²) in [6, 6.07) is 5.17. The van der Waals surface area contributed by atoms with Crippen LogP contribution in [-0.4, -0.2) is 23.2 Å². The molecule has 0 atom stereocenters. The van der Waals surface area contributed by atoms with Gasteiger partial charge in [-0.25, -0.2) is 18.7 Å². The van der Waals surface area contributed by atoms with E-state index in [0.29, 0.717) is 16.4 Å². The number of hydrogen-bond donors (Lipinski definition) is 3. The highest BCUT2D eigenvalue weighted by atomic mass is 127. The summed E-state index contributed by atoms with van der Waals surface area (Å²) in [5, 5.41) is 12.1. The molecular formula is C17H13BrF3IN2O3. The van der Waals surface area contributed by atoms with Gasteiger partial charge in [0, 0.05) is 3.57 Å². The van der Waals surface area contributed by atoms with Crippen molar-refractivity contribution in [3.05, 3.63) is 55.3 Å². The van der Waals surface area contributed by atoms with Crippen molar-refractivity contribution in [1.29, 1.82) is 0 Å². The summed E-state index contributed by atoms with van der Waals surface area (Å²) in [6.45, 7) is -0.127. The van der Waals surface area contributed by atoms with Gasteiger partial charge in [-0.2, -0.15) is 0 Å². The molecule has 0 unspecified atom stereocenters. The largest absolute Gasteiger partial charge is 0.387 e. The lowest BCUT2D eigenvalue weighted by molar-refractivity contribution is -0.0230. The van der Waals surface area contributed by atoms with Crippen LogP contribution in [-0.2, 0) is 4.84 Å². The van der Waals surface area contributed by atoms with E-state index in [1.54, 1.807) is 6.07 Å². The number of aliphatic hydroxyl groups is 1. The monoisotopic (exact) mass is 556 g/mol. The normalized spacial score (nSPS) is 14.7. The van der Waals surface area contributed by atoms with E-state index < -0.39 is 34.6 Å². The Morgan fingerprint density at radius 1 is 1.26 bits per heavy atom. The van der Waals surface area contributed by atoms with Crippen LogP contribution >= 0.6 is 38.5 Å². The van der Waals surface area contributed by atoms with Gasteiger partial charge in [-0.1, -0.05) is 0 Å². The molecule has 1 aliphatic rings. The van der Waals surface area contributed by atoms with E-state index in [-0.39, 0.29) is 22.3 Å². The average Bonchev–Trinajstić information content (AvgIpc) is 3.34. The molecule has 0 bridgehead atoms. The van der Waals surface area contributed by atoms with Crippen LogP contribution in [0.5, 0.6) is 0 Å². The molecule has 0 aliphatic heterocycles. The number of amides is 1. The maximum Gasteiger partial charge on any atom is 0.277 e. The van der Waals surface area contributed by atoms with Gasteiger partial charge in [0.1, 0.15) is 12.4 Å². The summed E-state index contributed by atoms with van der Waals surface area (Å²) >= 11 is 4.74. The molecule has 2 aromatic rings. The molecule has 0 heterocycles. The second-order valence-corrected chi connectivity index (χ2v) is 8.20. The Balaban J connectivity index is 1.88. The Hall–Kier alpha value is -1.37. The predicted octanol–water partition coefficient (Wildman–Crippen LogP) is 4.40. The van der Waals surface area contributed by atoms with Gasteiger partial charge in [-0.05, 0) is 75.6 Å². The molecule has 2 aromatic carbocycles. The topological polar surface area (TPSA) is 70.6 Å². The van der Waals surface area contributed by atoms with E-state index in [4.69, 9.17) is 4.84 Å². The minimum atomic E-state index is -1.35. The van der Waals surface area contributed by atoms with Gasteiger partial charge in [-0.15, -0.1) is 0 Å². The van der Waals surface area contributed by atoms with Crippen LogP contribution < -0.4 is 10.8 Å². The molecular weight excluding hydrogens is 544 g/mol. The van der Waals surface area contributed by atoms with Crippen molar-refractivity contribution < 1.29 is 27.9 Å². The van der Waals surface area contributed by atoms with Gasteiger partial charge in [0.25, 0.3) is 5.91 Å². The van der Waals surface area contributed by atoms with Gasteiger partial charge in [-0.3, -0.25) is 9.63 Å². The van der Waals surface area contributed by atoms with E-state index in [0.717, 1.165) is 6.07 Å².